The molecule has 4 saturated carbocycles. The van der Waals surface area contributed by atoms with Gasteiger partial charge in [-0.15, -0.1) is 0 Å². The topological polar surface area (TPSA) is 89.2 Å². The summed E-state index contributed by atoms with van der Waals surface area (Å²) in [5, 5.41) is 30.0. The van der Waals surface area contributed by atoms with Crippen molar-refractivity contribution in [2.75, 3.05) is 13.1 Å². The van der Waals surface area contributed by atoms with Crippen LogP contribution in [0, 0.1) is 34.5 Å². The first-order chi connectivity index (χ1) is 15.4. The summed E-state index contributed by atoms with van der Waals surface area (Å²) in [6.45, 7) is 6.62. The van der Waals surface area contributed by atoms with E-state index in [1.165, 1.54) is 12.8 Å². The summed E-state index contributed by atoms with van der Waals surface area (Å²) in [6, 6.07) is 0. The van der Waals surface area contributed by atoms with Crippen molar-refractivity contribution < 1.29 is 10.2 Å². The van der Waals surface area contributed by atoms with Gasteiger partial charge >= 0.3 is 0 Å². The van der Waals surface area contributed by atoms with Crippen LogP contribution >= 0.6 is 0 Å². The number of nitrogens with one attached hydrogen (secondary N) is 2. The first kappa shape index (κ1) is 22.4. The van der Waals surface area contributed by atoms with E-state index < -0.39 is 5.60 Å². The van der Waals surface area contributed by atoms with Gasteiger partial charge in [-0.3, -0.25) is 4.99 Å². The Morgan fingerprint density at radius 1 is 1.09 bits per heavy atom. The molecule has 0 aromatic carbocycles. The highest BCUT2D eigenvalue weighted by atomic mass is 16.3. The van der Waals surface area contributed by atoms with E-state index in [1.807, 2.05) is 12.3 Å². The van der Waals surface area contributed by atoms with Crippen LogP contribution in [0.4, 0.5) is 0 Å². The zero-order valence-corrected chi connectivity index (χ0v) is 19.9. The maximum atomic E-state index is 12.2. The molecule has 0 spiro atoms. The van der Waals surface area contributed by atoms with Gasteiger partial charge in [-0.1, -0.05) is 19.9 Å². The molecule has 8 atom stereocenters. The van der Waals surface area contributed by atoms with Crippen LogP contribution < -0.4 is 10.7 Å². The Kier molecular flexibility index (Phi) is 5.90. The molecule has 6 nitrogen and oxygen atoms in total. The van der Waals surface area contributed by atoms with Crippen LogP contribution in [0.2, 0.25) is 0 Å². The van der Waals surface area contributed by atoms with E-state index in [1.54, 1.807) is 0 Å². The van der Waals surface area contributed by atoms with Crippen LogP contribution in [0.25, 0.3) is 0 Å². The number of guanidine groups is 1. The van der Waals surface area contributed by atoms with E-state index in [4.69, 9.17) is 0 Å². The van der Waals surface area contributed by atoms with Gasteiger partial charge in [0.15, 0.2) is 0 Å². The van der Waals surface area contributed by atoms with Crippen molar-refractivity contribution in [3.63, 3.8) is 0 Å². The molecule has 0 amide bonds. The van der Waals surface area contributed by atoms with Crippen molar-refractivity contribution in [1.82, 2.24) is 10.7 Å². The molecule has 4 fully saturated rings. The summed E-state index contributed by atoms with van der Waals surface area (Å²) < 4.78 is 0. The van der Waals surface area contributed by atoms with Gasteiger partial charge in [-0.25, -0.2) is 5.43 Å². The number of allylic oxidation sites excluding steroid dienone is 2. The smallest absolute Gasteiger partial charge is 0.212 e. The number of fused-ring (bicyclic) bond motifs is 5. The number of hydrazone groups is 1. The number of hydrogen-bond acceptors (Lipinski definition) is 6. The molecule has 1 aliphatic heterocycles. The zero-order valence-electron chi connectivity index (χ0n) is 19.9. The average Bonchev–Trinajstić information content (AvgIpc) is 3.06. The molecule has 32 heavy (non-hydrogen) atoms. The fraction of sp³-hybridized carbons (Fsp3) is 0.846. The summed E-state index contributed by atoms with van der Waals surface area (Å²) in [5.41, 5.74) is 2.65. The Morgan fingerprint density at radius 2 is 1.97 bits per heavy atom. The Morgan fingerprint density at radius 3 is 2.78 bits per heavy atom. The number of aliphatic hydroxyl groups is 2. The molecule has 178 valence electrons. The maximum Gasteiger partial charge on any atom is 0.212 e. The first-order valence-corrected chi connectivity index (χ1v) is 13.0. The van der Waals surface area contributed by atoms with Crippen molar-refractivity contribution in [2.24, 2.45) is 44.6 Å². The van der Waals surface area contributed by atoms with Crippen LogP contribution in [-0.2, 0) is 0 Å². The average molecular weight is 443 g/mol. The third kappa shape index (κ3) is 3.53. The molecule has 5 rings (SSSR count). The normalized spacial score (nSPS) is 48.6. The summed E-state index contributed by atoms with van der Waals surface area (Å²) >= 11 is 0. The second kappa shape index (κ2) is 8.43. The highest BCUT2D eigenvalue weighted by Gasteiger charge is 2.66. The van der Waals surface area contributed by atoms with E-state index in [2.05, 4.69) is 40.8 Å². The van der Waals surface area contributed by atoms with Gasteiger partial charge in [0, 0.05) is 24.7 Å². The van der Waals surface area contributed by atoms with E-state index in [0.29, 0.717) is 29.1 Å². The molecule has 0 aromatic heterocycles. The van der Waals surface area contributed by atoms with Gasteiger partial charge in [-0.05, 0) is 99.4 Å². The number of rotatable bonds is 3. The zero-order chi connectivity index (χ0) is 22.4. The van der Waals surface area contributed by atoms with Gasteiger partial charge in [0.2, 0.25) is 5.96 Å². The molecule has 4 N–H and O–H groups in total. The van der Waals surface area contributed by atoms with E-state index in [0.717, 1.165) is 70.4 Å². The molecule has 0 aromatic rings. The summed E-state index contributed by atoms with van der Waals surface area (Å²) in [6.07, 6.45) is 16.7. The molecule has 0 radical (unpaired) electrons. The van der Waals surface area contributed by atoms with Crippen molar-refractivity contribution in [1.29, 1.82) is 0 Å². The maximum absolute atomic E-state index is 12.2. The minimum atomic E-state index is -0.564. The third-order valence-electron chi connectivity index (χ3n) is 10.5. The monoisotopic (exact) mass is 442 g/mol. The van der Waals surface area contributed by atoms with Gasteiger partial charge in [0.05, 0.1) is 11.7 Å². The Bertz CT molecular complexity index is 797. The van der Waals surface area contributed by atoms with Gasteiger partial charge in [-0.2, -0.15) is 5.10 Å². The second-order valence-corrected chi connectivity index (χ2v) is 11.7. The van der Waals surface area contributed by atoms with Crippen molar-refractivity contribution >= 4 is 12.2 Å². The highest BCUT2D eigenvalue weighted by molar-refractivity contribution is 5.81. The van der Waals surface area contributed by atoms with Crippen molar-refractivity contribution in [2.45, 2.75) is 89.8 Å². The van der Waals surface area contributed by atoms with Crippen LogP contribution in [0.1, 0.15) is 78.1 Å². The van der Waals surface area contributed by atoms with Crippen LogP contribution in [0.5, 0.6) is 0 Å². The number of hydrogen-bond donors (Lipinski definition) is 4. The molecule has 6 heteroatoms. The predicted octanol–water partition coefficient (Wildman–Crippen LogP) is 3.60. The van der Waals surface area contributed by atoms with E-state index in [9.17, 15) is 10.2 Å². The van der Waals surface area contributed by atoms with Crippen molar-refractivity contribution in [3.05, 3.63) is 12.2 Å². The van der Waals surface area contributed by atoms with Crippen LogP contribution in [-0.4, -0.2) is 47.2 Å². The lowest BCUT2D eigenvalue weighted by molar-refractivity contribution is -0.207. The molecule has 0 unspecified atom stereocenters. The molecular weight excluding hydrogens is 400 g/mol. The summed E-state index contributed by atoms with van der Waals surface area (Å²) in [7, 11) is 0. The minimum Gasteiger partial charge on any atom is -0.393 e. The van der Waals surface area contributed by atoms with E-state index in [-0.39, 0.29) is 11.5 Å². The molecule has 0 bridgehead atoms. The lowest BCUT2D eigenvalue weighted by Gasteiger charge is -2.63. The standard InChI is InChI=1S/C26H42N4O2/c1-24-11-9-20(31)17-19(24)6-7-22-21(24)10-12-25(2)18(8-13-26(22,25)32)5-3-16-29-30-23-27-14-4-15-28-23/h3,5,16,18-22,31-32H,4,6-15,17H2,1-2H3,(H2,27,28,30)/b5-3+,29-16-/t18-,19+,20-,21-,22+,24-,25+,26-/m0/s1. The molecule has 0 saturated heterocycles. The number of aliphatic hydroxyl groups excluding tert-OH is 1. The molecule has 5 aliphatic rings. The lowest BCUT2D eigenvalue weighted by Crippen LogP contribution is -2.62. The Balaban J connectivity index is 1.28. The van der Waals surface area contributed by atoms with Crippen LogP contribution in [0.15, 0.2) is 22.2 Å². The van der Waals surface area contributed by atoms with E-state index >= 15 is 0 Å². The molecule has 4 aliphatic carbocycles. The summed E-state index contributed by atoms with van der Waals surface area (Å²) in [4.78, 5) is 4.37. The summed E-state index contributed by atoms with van der Waals surface area (Å²) in [5.74, 6) is 2.78. The first-order valence-electron chi connectivity index (χ1n) is 13.0. The largest absolute Gasteiger partial charge is 0.393 e. The van der Waals surface area contributed by atoms with Gasteiger partial charge in [0.25, 0.3) is 0 Å². The van der Waals surface area contributed by atoms with Gasteiger partial charge in [0.1, 0.15) is 0 Å². The number of aliphatic imine (C=N–C) groups is 1. The quantitative estimate of drug-likeness (QED) is 0.397. The predicted molar refractivity (Wildman–Crippen MR) is 128 cm³/mol. The lowest BCUT2D eigenvalue weighted by atomic mass is 9.43. The fourth-order valence-corrected chi connectivity index (χ4v) is 8.49. The van der Waals surface area contributed by atoms with Gasteiger partial charge < -0.3 is 15.5 Å². The third-order valence-corrected chi connectivity index (χ3v) is 10.5. The van der Waals surface area contributed by atoms with Crippen molar-refractivity contribution in [3.8, 4) is 0 Å². The molecular formula is C26H42N4O2. The fourth-order valence-electron chi connectivity index (χ4n) is 8.49. The Hall–Kier alpha value is -1.40. The highest BCUT2D eigenvalue weighted by Crippen LogP contribution is 2.69. The minimum absolute atomic E-state index is 0.0572. The molecule has 1 heterocycles. The SMILES string of the molecule is C[C@]12CC[C@H](O)C[C@H]1CC[C@@H]1[C@@H]2CC[C@]2(C)[C@@H](/C=C/C=N\NC3=NCCCN3)CC[C@]12O. The van der Waals surface area contributed by atoms with Crippen LogP contribution in [0.3, 0.4) is 0 Å². The Labute approximate surface area is 193 Å². The number of nitrogens with zero attached hydrogens (tertiary/aromatic N) is 2. The second-order valence-electron chi connectivity index (χ2n) is 11.7.